The number of aromatic nitrogens is 4. The Balaban J connectivity index is 2.03. The van der Waals surface area contributed by atoms with Crippen molar-refractivity contribution < 1.29 is 12.9 Å². The molecule has 2 aromatic rings. The van der Waals surface area contributed by atoms with E-state index in [1.54, 1.807) is 0 Å². The SMILES string of the molecule is CCn1cc(S(=O)(=O)NCCc2ncon2)c(N)n1. The molecule has 0 atom stereocenters. The summed E-state index contributed by atoms with van der Waals surface area (Å²) in [5.41, 5.74) is 5.58. The van der Waals surface area contributed by atoms with Gasteiger partial charge in [-0.1, -0.05) is 5.16 Å². The number of sulfonamides is 1. The van der Waals surface area contributed by atoms with E-state index in [0.717, 1.165) is 0 Å². The van der Waals surface area contributed by atoms with Gasteiger partial charge >= 0.3 is 0 Å². The molecule has 2 aromatic heterocycles. The normalized spacial score (nSPS) is 11.8. The Kier molecular flexibility index (Phi) is 3.81. The molecule has 0 aliphatic rings. The van der Waals surface area contributed by atoms with E-state index in [0.29, 0.717) is 18.8 Å². The molecular weight excluding hydrogens is 272 g/mol. The number of nitrogens with two attached hydrogens (primary N) is 1. The van der Waals surface area contributed by atoms with E-state index < -0.39 is 10.0 Å². The van der Waals surface area contributed by atoms with Gasteiger partial charge in [0.15, 0.2) is 11.6 Å². The lowest BCUT2D eigenvalue weighted by Gasteiger charge is -2.03. The molecule has 0 saturated carbocycles. The third-order valence-electron chi connectivity index (χ3n) is 2.42. The van der Waals surface area contributed by atoms with E-state index in [9.17, 15) is 8.42 Å². The number of nitrogen functional groups attached to an aromatic ring is 1. The highest BCUT2D eigenvalue weighted by Gasteiger charge is 2.20. The van der Waals surface area contributed by atoms with Crippen molar-refractivity contribution in [1.29, 1.82) is 0 Å². The molecule has 104 valence electrons. The fourth-order valence-corrected chi connectivity index (χ4v) is 2.57. The van der Waals surface area contributed by atoms with Crippen molar-refractivity contribution in [1.82, 2.24) is 24.6 Å². The van der Waals surface area contributed by atoms with Crippen molar-refractivity contribution in [2.75, 3.05) is 12.3 Å². The molecule has 10 heteroatoms. The largest absolute Gasteiger partial charge is 0.381 e. The van der Waals surface area contributed by atoms with Crippen LogP contribution >= 0.6 is 0 Å². The Labute approximate surface area is 109 Å². The van der Waals surface area contributed by atoms with Crippen molar-refractivity contribution in [3.05, 3.63) is 18.4 Å². The number of aryl methyl sites for hydroxylation is 1. The Morgan fingerprint density at radius 2 is 2.32 bits per heavy atom. The van der Waals surface area contributed by atoms with E-state index in [1.165, 1.54) is 17.3 Å². The van der Waals surface area contributed by atoms with Gasteiger partial charge in [0.2, 0.25) is 16.4 Å². The minimum Gasteiger partial charge on any atom is -0.381 e. The van der Waals surface area contributed by atoms with Crippen molar-refractivity contribution >= 4 is 15.8 Å². The molecule has 0 aliphatic carbocycles. The Bertz CT molecular complexity index is 633. The van der Waals surface area contributed by atoms with Crippen molar-refractivity contribution in [2.24, 2.45) is 0 Å². The number of anilines is 1. The highest BCUT2D eigenvalue weighted by molar-refractivity contribution is 7.89. The van der Waals surface area contributed by atoms with Crippen LogP contribution in [0.5, 0.6) is 0 Å². The van der Waals surface area contributed by atoms with Crippen LogP contribution in [0.1, 0.15) is 12.7 Å². The van der Waals surface area contributed by atoms with Crippen LogP contribution in [-0.2, 0) is 23.0 Å². The van der Waals surface area contributed by atoms with E-state index in [-0.39, 0.29) is 17.3 Å². The first kappa shape index (κ1) is 13.5. The molecule has 0 bridgehead atoms. The first-order valence-electron chi connectivity index (χ1n) is 5.60. The fourth-order valence-electron chi connectivity index (χ4n) is 1.46. The number of hydrogen-bond acceptors (Lipinski definition) is 7. The lowest BCUT2D eigenvalue weighted by Crippen LogP contribution is -2.26. The lowest BCUT2D eigenvalue weighted by atomic mass is 10.4. The zero-order valence-corrected chi connectivity index (χ0v) is 11.1. The van der Waals surface area contributed by atoms with Gasteiger partial charge in [-0.2, -0.15) is 10.1 Å². The fraction of sp³-hybridized carbons (Fsp3) is 0.444. The molecule has 0 fully saturated rings. The van der Waals surface area contributed by atoms with E-state index in [2.05, 4.69) is 24.5 Å². The second-order valence-electron chi connectivity index (χ2n) is 3.73. The molecular formula is C9H14N6O3S. The Morgan fingerprint density at radius 1 is 1.53 bits per heavy atom. The summed E-state index contributed by atoms with van der Waals surface area (Å²) in [5, 5.41) is 7.47. The minimum absolute atomic E-state index is 0.0195. The molecule has 2 rings (SSSR count). The van der Waals surface area contributed by atoms with Gasteiger partial charge in [-0.3, -0.25) is 4.68 Å². The molecule has 0 spiro atoms. The summed E-state index contributed by atoms with van der Waals surface area (Å²) in [6.45, 7) is 2.54. The summed E-state index contributed by atoms with van der Waals surface area (Å²) >= 11 is 0. The van der Waals surface area contributed by atoms with Gasteiger partial charge in [-0.15, -0.1) is 0 Å². The molecule has 0 saturated heterocycles. The van der Waals surface area contributed by atoms with Crippen LogP contribution in [0, 0.1) is 0 Å². The molecule has 3 N–H and O–H groups in total. The zero-order chi connectivity index (χ0) is 13.9. The first-order chi connectivity index (χ1) is 9.03. The van der Waals surface area contributed by atoms with Gasteiger partial charge in [0.1, 0.15) is 4.90 Å². The number of hydrogen-bond donors (Lipinski definition) is 2. The molecule has 19 heavy (non-hydrogen) atoms. The smallest absolute Gasteiger partial charge is 0.245 e. The third-order valence-corrected chi connectivity index (χ3v) is 3.89. The van der Waals surface area contributed by atoms with E-state index in [4.69, 9.17) is 5.73 Å². The zero-order valence-electron chi connectivity index (χ0n) is 10.3. The molecule has 0 aliphatic heterocycles. The average molecular weight is 286 g/mol. The maximum atomic E-state index is 12.0. The van der Waals surface area contributed by atoms with Crippen molar-refractivity contribution in [3.8, 4) is 0 Å². The summed E-state index contributed by atoms with van der Waals surface area (Å²) in [5.74, 6) is 0.411. The van der Waals surface area contributed by atoms with E-state index >= 15 is 0 Å². The number of nitrogens with zero attached hydrogens (tertiary/aromatic N) is 4. The van der Waals surface area contributed by atoms with Crippen LogP contribution in [0.15, 0.2) is 22.0 Å². The van der Waals surface area contributed by atoms with Gasteiger partial charge in [0.25, 0.3) is 0 Å². The van der Waals surface area contributed by atoms with Crippen LogP contribution < -0.4 is 10.5 Å². The van der Waals surface area contributed by atoms with Crippen LogP contribution in [0.2, 0.25) is 0 Å². The average Bonchev–Trinajstić information content (AvgIpc) is 2.98. The summed E-state index contributed by atoms with van der Waals surface area (Å²) in [7, 11) is -3.68. The molecule has 9 nitrogen and oxygen atoms in total. The second-order valence-corrected chi connectivity index (χ2v) is 5.46. The lowest BCUT2D eigenvalue weighted by molar-refractivity contribution is 0.410. The summed E-state index contributed by atoms with van der Waals surface area (Å²) in [6, 6.07) is 0. The molecule has 0 amide bonds. The van der Waals surface area contributed by atoms with Gasteiger partial charge in [-0.05, 0) is 6.92 Å². The van der Waals surface area contributed by atoms with Crippen LogP contribution in [0.3, 0.4) is 0 Å². The third kappa shape index (κ3) is 3.09. The Morgan fingerprint density at radius 3 is 2.89 bits per heavy atom. The standard InChI is InChI=1S/C9H14N6O3S/c1-2-15-5-7(9(10)13-15)19(16,17)12-4-3-8-11-6-18-14-8/h5-6,12H,2-4H2,1H3,(H2,10,13). The number of rotatable bonds is 6. The minimum atomic E-state index is -3.68. The highest BCUT2D eigenvalue weighted by Crippen LogP contribution is 2.15. The molecule has 0 unspecified atom stereocenters. The predicted octanol–water partition coefficient (Wildman–Crippen LogP) is -0.611. The highest BCUT2D eigenvalue weighted by atomic mass is 32.2. The maximum Gasteiger partial charge on any atom is 0.245 e. The second kappa shape index (κ2) is 5.36. The van der Waals surface area contributed by atoms with Crippen molar-refractivity contribution in [2.45, 2.75) is 24.8 Å². The summed E-state index contributed by atoms with van der Waals surface area (Å²) in [4.78, 5) is 3.76. The van der Waals surface area contributed by atoms with Gasteiger partial charge < -0.3 is 10.3 Å². The monoisotopic (exact) mass is 286 g/mol. The first-order valence-corrected chi connectivity index (χ1v) is 7.09. The predicted molar refractivity (Wildman–Crippen MR) is 65.5 cm³/mol. The quantitative estimate of drug-likeness (QED) is 0.724. The van der Waals surface area contributed by atoms with Crippen LogP contribution in [0.25, 0.3) is 0 Å². The summed E-state index contributed by atoms with van der Waals surface area (Å²) in [6.07, 6.45) is 2.91. The maximum absolute atomic E-state index is 12.0. The van der Waals surface area contributed by atoms with Gasteiger partial charge in [0.05, 0.1) is 0 Å². The van der Waals surface area contributed by atoms with Crippen LogP contribution in [-0.4, -0.2) is 34.9 Å². The van der Waals surface area contributed by atoms with Gasteiger partial charge in [-0.25, -0.2) is 13.1 Å². The van der Waals surface area contributed by atoms with Crippen LogP contribution in [0.4, 0.5) is 5.82 Å². The van der Waals surface area contributed by atoms with Crippen molar-refractivity contribution in [3.63, 3.8) is 0 Å². The topological polar surface area (TPSA) is 129 Å². The Hall–Kier alpha value is -1.94. The number of nitrogens with one attached hydrogen (secondary N) is 1. The molecule has 2 heterocycles. The summed E-state index contributed by atoms with van der Waals surface area (Å²) < 4.78 is 32.4. The molecule has 0 aromatic carbocycles. The van der Waals surface area contributed by atoms with E-state index in [1.807, 2.05) is 6.92 Å². The molecule has 0 radical (unpaired) electrons. The van der Waals surface area contributed by atoms with Gasteiger partial charge in [0, 0.05) is 25.7 Å².